The van der Waals surface area contributed by atoms with E-state index in [1.54, 1.807) is 17.7 Å². The molecule has 0 saturated carbocycles. The maximum atomic E-state index is 9.15. The third-order valence-corrected chi connectivity index (χ3v) is 4.26. The maximum Gasteiger partial charge on any atom is 0.147 e. The number of rotatable bonds is 4. The highest BCUT2D eigenvalue weighted by atomic mass is 32.1. The SMILES string of the molecule is Cc1csc2c(NCc3cccc(CO)c3)ncnc12. The van der Waals surface area contributed by atoms with E-state index in [4.69, 9.17) is 5.11 Å². The van der Waals surface area contributed by atoms with Crippen molar-refractivity contribution in [2.75, 3.05) is 5.32 Å². The summed E-state index contributed by atoms with van der Waals surface area (Å²) in [5.74, 6) is 0.863. The topological polar surface area (TPSA) is 58.0 Å². The molecule has 0 aliphatic rings. The van der Waals surface area contributed by atoms with Gasteiger partial charge < -0.3 is 10.4 Å². The van der Waals surface area contributed by atoms with Gasteiger partial charge in [-0.25, -0.2) is 9.97 Å². The fourth-order valence-corrected chi connectivity index (χ4v) is 3.09. The lowest BCUT2D eigenvalue weighted by molar-refractivity contribution is 0.281. The molecule has 4 nitrogen and oxygen atoms in total. The Morgan fingerprint density at radius 2 is 2.10 bits per heavy atom. The Morgan fingerprint density at radius 3 is 2.95 bits per heavy atom. The molecule has 0 atom stereocenters. The number of aliphatic hydroxyl groups is 1. The molecule has 102 valence electrons. The zero-order chi connectivity index (χ0) is 13.9. The first kappa shape index (κ1) is 13.0. The molecular weight excluding hydrogens is 270 g/mol. The number of aromatic nitrogens is 2. The highest BCUT2D eigenvalue weighted by Crippen LogP contribution is 2.28. The average Bonchev–Trinajstić information content (AvgIpc) is 2.88. The van der Waals surface area contributed by atoms with Gasteiger partial charge in [-0.3, -0.25) is 0 Å². The minimum atomic E-state index is 0.0652. The molecule has 0 aliphatic heterocycles. The highest BCUT2D eigenvalue weighted by molar-refractivity contribution is 7.18. The number of hydrogen-bond donors (Lipinski definition) is 2. The van der Waals surface area contributed by atoms with Crippen LogP contribution in [0, 0.1) is 6.92 Å². The quantitative estimate of drug-likeness (QED) is 0.773. The van der Waals surface area contributed by atoms with E-state index < -0.39 is 0 Å². The van der Waals surface area contributed by atoms with E-state index in [2.05, 4.69) is 27.6 Å². The first-order chi connectivity index (χ1) is 9.78. The predicted molar refractivity (Wildman–Crippen MR) is 81.8 cm³/mol. The molecule has 3 rings (SSSR count). The van der Waals surface area contributed by atoms with Crippen LogP contribution in [0.5, 0.6) is 0 Å². The summed E-state index contributed by atoms with van der Waals surface area (Å²) in [5.41, 5.74) is 4.23. The number of nitrogens with one attached hydrogen (secondary N) is 1. The fourth-order valence-electron chi connectivity index (χ4n) is 2.12. The van der Waals surface area contributed by atoms with E-state index in [-0.39, 0.29) is 6.61 Å². The Kier molecular flexibility index (Phi) is 3.62. The molecule has 0 bridgehead atoms. The second-order valence-corrected chi connectivity index (χ2v) is 5.53. The molecule has 0 spiro atoms. The second-order valence-electron chi connectivity index (χ2n) is 4.65. The van der Waals surface area contributed by atoms with Crippen molar-refractivity contribution >= 4 is 27.4 Å². The maximum absolute atomic E-state index is 9.15. The molecule has 0 fully saturated rings. The molecule has 3 aromatic rings. The normalized spacial score (nSPS) is 10.9. The van der Waals surface area contributed by atoms with Gasteiger partial charge >= 0.3 is 0 Å². The summed E-state index contributed by atoms with van der Waals surface area (Å²) in [6.45, 7) is 2.80. The van der Waals surface area contributed by atoms with Crippen molar-refractivity contribution in [1.82, 2.24) is 9.97 Å². The van der Waals surface area contributed by atoms with E-state index in [0.717, 1.165) is 27.2 Å². The van der Waals surface area contributed by atoms with Gasteiger partial charge in [-0.1, -0.05) is 24.3 Å². The Balaban J connectivity index is 1.83. The van der Waals surface area contributed by atoms with Crippen molar-refractivity contribution in [3.05, 3.63) is 52.7 Å². The zero-order valence-electron chi connectivity index (χ0n) is 11.1. The van der Waals surface area contributed by atoms with Gasteiger partial charge in [0.05, 0.1) is 16.8 Å². The van der Waals surface area contributed by atoms with Gasteiger partial charge in [-0.05, 0) is 29.0 Å². The first-order valence-electron chi connectivity index (χ1n) is 6.39. The molecule has 0 amide bonds. The smallest absolute Gasteiger partial charge is 0.147 e. The summed E-state index contributed by atoms with van der Waals surface area (Å²) in [6, 6.07) is 7.89. The van der Waals surface area contributed by atoms with Crippen LogP contribution in [0.4, 0.5) is 5.82 Å². The molecular formula is C15H15N3OS. The standard InChI is InChI=1S/C15H15N3OS/c1-10-8-20-14-13(10)17-9-18-15(14)16-6-11-3-2-4-12(5-11)7-19/h2-5,8-9,19H,6-7H2,1H3,(H,16,17,18). The number of hydrogen-bond acceptors (Lipinski definition) is 5. The minimum Gasteiger partial charge on any atom is -0.392 e. The molecule has 20 heavy (non-hydrogen) atoms. The Bertz CT molecular complexity index is 739. The molecule has 5 heteroatoms. The van der Waals surface area contributed by atoms with Crippen molar-refractivity contribution < 1.29 is 5.11 Å². The van der Waals surface area contributed by atoms with E-state index in [0.29, 0.717) is 6.54 Å². The Labute approximate surface area is 121 Å². The van der Waals surface area contributed by atoms with Crippen LogP contribution >= 0.6 is 11.3 Å². The van der Waals surface area contributed by atoms with Gasteiger partial charge in [0.2, 0.25) is 0 Å². The van der Waals surface area contributed by atoms with Crippen molar-refractivity contribution in [3.8, 4) is 0 Å². The summed E-state index contributed by atoms with van der Waals surface area (Å²) in [7, 11) is 0. The van der Waals surface area contributed by atoms with Gasteiger partial charge in [0, 0.05) is 6.54 Å². The van der Waals surface area contributed by atoms with Crippen LogP contribution in [0.2, 0.25) is 0 Å². The number of thiophene rings is 1. The van der Waals surface area contributed by atoms with Crippen LogP contribution in [0.1, 0.15) is 16.7 Å². The van der Waals surface area contributed by atoms with Crippen molar-refractivity contribution in [2.45, 2.75) is 20.1 Å². The van der Waals surface area contributed by atoms with Crippen molar-refractivity contribution in [1.29, 1.82) is 0 Å². The molecule has 0 unspecified atom stereocenters. The molecule has 0 radical (unpaired) electrons. The van der Waals surface area contributed by atoms with E-state index in [9.17, 15) is 0 Å². The number of benzene rings is 1. The average molecular weight is 285 g/mol. The number of anilines is 1. The zero-order valence-corrected chi connectivity index (χ0v) is 11.9. The third kappa shape index (κ3) is 2.50. The van der Waals surface area contributed by atoms with Crippen LogP contribution < -0.4 is 5.32 Å². The summed E-state index contributed by atoms with van der Waals surface area (Å²) < 4.78 is 1.09. The van der Waals surface area contributed by atoms with Crippen LogP contribution in [0.25, 0.3) is 10.2 Å². The highest BCUT2D eigenvalue weighted by Gasteiger charge is 2.07. The van der Waals surface area contributed by atoms with Crippen LogP contribution in [-0.4, -0.2) is 15.1 Å². The monoisotopic (exact) mass is 285 g/mol. The third-order valence-electron chi connectivity index (χ3n) is 3.16. The molecule has 2 aromatic heterocycles. The van der Waals surface area contributed by atoms with Crippen LogP contribution in [0.15, 0.2) is 36.0 Å². The minimum absolute atomic E-state index is 0.0652. The number of nitrogens with zero attached hydrogens (tertiary/aromatic N) is 2. The van der Waals surface area contributed by atoms with Gasteiger partial charge in [-0.15, -0.1) is 11.3 Å². The predicted octanol–water partition coefficient (Wildman–Crippen LogP) is 3.10. The van der Waals surface area contributed by atoms with Gasteiger partial charge in [0.25, 0.3) is 0 Å². The molecule has 2 N–H and O–H groups in total. The molecule has 2 heterocycles. The lowest BCUT2D eigenvalue weighted by Gasteiger charge is -2.07. The molecule has 0 saturated heterocycles. The first-order valence-corrected chi connectivity index (χ1v) is 7.27. The van der Waals surface area contributed by atoms with Gasteiger partial charge in [0.15, 0.2) is 0 Å². The van der Waals surface area contributed by atoms with Gasteiger partial charge in [0.1, 0.15) is 12.1 Å². The van der Waals surface area contributed by atoms with Crippen molar-refractivity contribution in [2.24, 2.45) is 0 Å². The summed E-state index contributed by atoms with van der Waals surface area (Å²) in [4.78, 5) is 8.63. The number of aliphatic hydroxyl groups excluding tert-OH is 1. The van der Waals surface area contributed by atoms with E-state index >= 15 is 0 Å². The summed E-state index contributed by atoms with van der Waals surface area (Å²) >= 11 is 1.66. The number of fused-ring (bicyclic) bond motifs is 1. The lowest BCUT2D eigenvalue weighted by atomic mass is 10.1. The largest absolute Gasteiger partial charge is 0.392 e. The van der Waals surface area contributed by atoms with Gasteiger partial charge in [-0.2, -0.15) is 0 Å². The Morgan fingerprint density at radius 1 is 1.25 bits per heavy atom. The summed E-state index contributed by atoms with van der Waals surface area (Å²) in [6.07, 6.45) is 1.59. The Hall–Kier alpha value is -1.98. The molecule has 1 aromatic carbocycles. The lowest BCUT2D eigenvalue weighted by Crippen LogP contribution is -2.02. The van der Waals surface area contributed by atoms with Crippen molar-refractivity contribution in [3.63, 3.8) is 0 Å². The fraction of sp³-hybridized carbons (Fsp3) is 0.200. The number of aryl methyl sites for hydroxylation is 1. The van der Waals surface area contributed by atoms with E-state index in [1.165, 1.54) is 5.56 Å². The second kappa shape index (κ2) is 5.56. The molecule has 0 aliphatic carbocycles. The van der Waals surface area contributed by atoms with Crippen LogP contribution in [0.3, 0.4) is 0 Å². The van der Waals surface area contributed by atoms with Crippen LogP contribution in [-0.2, 0) is 13.2 Å². The van der Waals surface area contributed by atoms with E-state index in [1.807, 2.05) is 24.3 Å². The summed E-state index contributed by atoms with van der Waals surface area (Å²) in [5, 5.41) is 14.6.